The molecular formula is C20H23BN2O6S. The number of anilines is 1. The second-order valence-electron chi connectivity index (χ2n) is 7.77. The molecule has 0 heterocycles. The van der Waals surface area contributed by atoms with E-state index < -0.39 is 28.9 Å². The van der Waals surface area contributed by atoms with Gasteiger partial charge in [-0.25, -0.2) is 17.9 Å². The minimum absolute atomic E-state index is 0.184. The van der Waals surface area contributed by atoms with Crippen molar-refractivity contribution in [2.75, 3.05) is 5.32 Å². The highest BCUT2D eigenvalue weighted by Crippen LogP contribution is 2.38. The lowest BCUT2D eigenvalue weighted by atomic mass is 9.82. The van der Waals surface area contributed by atoms with Gasteiger partial charge in [0.1, 0.15) is 5.75 Å². The van der Waals surface area contributed by atoms with Gasteiger partial charge in [-0.05, 0) is 72.4 Å². The van der Waals surface area contributed by atoms with Gasteiger partial charge < -0.3 is 20.5 Å². The van der Waals surface area contributed by atoms with E-state index in [1.54, 1.807) is 0 Å². The Bertz CT molecular complexity index is 1080. The topological polar surface area (TPSA) is 136 Å². The molecule has 2 amide bonds. The highest BCUT2D eigenvalue weighted by molar-refractivity contribution is 7.90. The lowest BCUT2D eigenvalue weighted by Gasteiger charge is -2.16. The van der Waals surface area contributed by atoms with Crippen molar-refractivity contribution in [3.63, 3.8) is 0 Å². The normalized spacial score (nSPS) is 14.9. The van der Waals surface area contributed by atoms with Crippen LogP contribution in [0.3, 0.4) is 0 Å². The molecule has 158 valence electrons. The molecule has 0 atom stereocenters. The molecule has 0 bridgehead atoms. The van der Waals surface area contributed by atoms with Gasteiger partial charge in [0.25, 0.3) is 10.0 Å². The quantitative estimate of drug-likeness (QED) is 0.456. The minimum atomic E-state index is -4.22. The number of phenolic OH excluding ortho intramolecular Hbond substituents is 1. The Morgan fingerprint density at radius 1 is 1.00 bits per heavy atom. The number of aryl methyl sites for hydroxylation is 2. The lowest BCUT2D eigenvalue weighted by molar-refractivity contribution is 0.256. The molecule has 2 aliphatic carbocycles. The van der Waals surface area contributed by atoms with Gasteiger partial charge in [-0.3, -0.25) is 0 Å². The van der Waals surface area contributed by atoms with Crippen molar-refractivity contribution >= 4 is 28.9 Å². The fourth-order valence-corrected chi connectivity index (χ4v) is 5.29. The molecule has 0 saturated carbocycles. The summed E-state index contributed by atoms with van der Waals surface area (Å²) in [4.78, 5) is 12.3. The van der Waals surface area contributed by atoms with Crippen LogP contribution < -0.4 is 10.0 Å². The van der Waals surface area contributed by atoms with Crippen LogP contribution in [0.4, 0.5) is 10.5 Å². The summed E-state index contributed by atoms with van der Waals surface area (Å²) >= 11 is 0. The maximum Gasteiger partial charge on any atom is 0.456 e. The number of hydrogen-bond donors (Lipinski definition) is 5. The number of rotatable bonds is 5. The smallest absolute Gasteiger partial charge is 0.456 e. The fraction of sp³-hybridized carbons (Fsp3) is 0.350. The number of hydrogen-bond acceptors (Lipinski definition) is 6. The van der Waals surface area contributed by atoms with Crippen LogP contribution in [0.5, 0.6) is 5.75 Å². The van der Waals surface area contributed by atoms with Gasteiger partial charge in [0, 0.05) is 18.1 Å². The van der Waals surface area contributed by atoms with E-state index in [1.165, 1.54) is 23.3 Å². The first-order valence-electron chi connectivity index (χ1n) is 9.93. The predicted molar refractivity (Wildman–Crippen MR) is 112 cm³/mol. The van der Waals surface area contributed by atoms with E-state index in [4.69, 9.17) is 10.0 Å². The molecule has 0 unspecified atom stereocenters. The summed E-state index contributed by atoms with van der Waals surface area (Å²) in [5, 5.41) is 30.8. The van der Waals surface area contributed by atoms with Gasteiger partial charge in [0.2, 0.25) is 0 Å². The van der Waals surface area contributed by atoms with E-state index >= 15 is 0 Å². The molecule has 8 nitrogen and oxygen atoms in total. The molecule has 0 aliphatic heterocycles. The monoisotopic (exact) mass is 430 g/mol. The van der Waals surface area contributed by atoms with Crippen LogP contribution in [-0.2, 0) is 42.0 Å². The number of carbonyl (C=O) groups excluding carboxylic acids is 1. The number of aromatic hydroxyl groups is 1. The summed E-state index contributed by atoms with van der Waals surface area (Å²) in [6.07, 6.45) is 5.43. The van der Waals surface area contributed by atoms with Crippen molar-refractivity contribution in [1.82, 2.24) is 4.72 Å². The van der Waals surface area contributed by atoms with Crippen molar-refractivity contribution in [1.29, 1.82) is 0 Å². The lowest BCUT2D eigenvalue weighted by Crippen LogP contribution is -2.35. The number of nitrogens with one attached hydrogen (secondary N) is 2. The molecule has 30 heavy (non-hydrogen) atoms. The number of fused-ring (bicyclic) bond motifs is 2. The molecule has 0 aromatic heterocycles. The Labute approximate surface area is 175 Å². The third kappa shape index (κ3) is 4.03. The van der Waals surface area contributed by atoms with E-state index in [0.717, 1.165) is 61.4 Å². The SMILES string of the molecule is O=C(Nc1c2c(cc3c1CCC3)CCC2)NS(=O)(=O)c1ccc(CB(O)O)c(O)c1. The van der Waals surface area contributed by atoms with Gasteiger partial charge in [-0.2, -0.15) is 0 Å². The summed E-state index contributed by atoms with van der Waals surface area (Å²) in [5.74, 6) is -0.398. The van der Waals surface area contributed by atoms with Crippen molar-refractivity contribution in [3.8, 4) is 5.75 Å². The van der Waals surface area contributed by atoms with E-state index in [9.17, 15) is 18.3 Å². The summed E-state index contributed by atoms with van der Waals surface area (Å²) < 4.78 is 27.2. The highest BCUT2D eigenvalue weighted by atomic mass is 32.2. The van der Waals surface area contributed by atoms with Gasteiger partial charge in [-0.1, -0.05) is 12.1 Å². The summed E-state index contributed by atoms with van der Waals surface area (Å²) in [5.41, 5.74) is 5.55. The standard InChI is InChI=1S/C20H23BN2O6S/c24-18-10-15(8-7-14(18)11-21(26)27)30(28,29)23-20(25)22-19-16-5-1-3-12(16)9-13-4-2-6-17(13)19/h7-10,24,26-27H,1-6,11H2,(H2,22,23,25). The second kappa shape index (κ2) is 7.94. The zero-order valence-electron chi connectivity index (χ0n) is 16.3. The van der Waals surface area contributed by atoms with Gasteiger partial charge in [-0.15, -0.1) is 0 Å². The molecule has 0 radical (unpaired) electrons. The zero-order chi connectivity index (χ0) is 21.5. The average Bonchev–Trinajstić information content (AvgIpc) is 3.31. The largest absolute Gasteiger partial charge is 0.508 e. The Hall–Kier alpha value is -2.56. The molecule has 0 spiro atoms. The Morgan fingerprint density at radius 2 is 1.63 bits per heavy atom. The zero-order valence-corrected chi connectivity index (χ0v) is 17.1. The van der Waals surface area contributed by atoms with Crippen LogP contribution in [0.25, 0.3) is 0 Å². The van der Waals surface area contributed by atoms with Crippen LogP contribution in [0, 0.1) is 0 Å². The molecule has 10 heteroatoms. The van der Waals surface area contributed by atoms with E-state index in [-0.39, 0.29) is 16.8 Å². The number of benzene rings is 2. The molecule has 0 fully saturated rings. The third-order valence-corrected chi connectivity index (χ3v) is 7.04. The minimum Gasteiger partial charge on any atom is -0.508 e. The number of phenols is 1. The molecular weight excluding hydrogens is 407 g/mol. The first-order chi connectivity index (χ1) is 14.2. The van der Waals surface area contributed by atoms with Gasteiger partial charge in [0.15, 0.2) is 0 Å². The van der Waals surface area contributed by atoms with Crippen molar-refractivity contribution in [3.05, 3.63) is 52.1 Å². The Morgan fingerprint density at radius 3 is 2.20 bits per heavy atom. The number of amides is 2. The molecule has 2 aromatic carbocycles. The van der Waals surface area contributed by atoms with Crippen LogP contribution in [0.15, 0.2) is 29.2 Å². The maximum absolute atomic E-state index is 12.6. The summed E-state index contributed by atoms with van der Waals surface area (Å²) in [7, 11) is -5.89. The summed E-state index contributed by atoms with van der Waals surface area (Å²) in [6, 6.07) is 4.82. The van der Waals surface area contributed by atoms with E-state index in [0.29, 0.717) is 0 Å². The molecule has 2 aliphatic rings. The van der Waals surface area contributed by atoms with E-state index in [1.807, 2.05) is 4.72 Å². The molecule has 5 N–H and O–H groups in total. The van der Waals surface area contributed by atoms with E-state index in [2.05, 4.69) is 11.4 Å². The third-order valence-electron chi connectivity index (χ3n) is 5.71. The Kier molecular flexibility index (Phi) is 5.48. The molecule has 4 rings (SSSR count). The first-order valence-corrected chi connectivity index (χ1v) is 11.4. The van der Waals surface area contributed by atoms with Crippen molar-refractivity contribution in [2.24, 2.45) is 0 Å². The van der Waals surface area contributed by atoms with Gasteiger partial charge >= 0.3 is 13.1 Å². The van der Waals surface area contributed by atoms with Crippen LogP contribution in [0.1, 0.15) is 40.7 Å². The Balaban J connectivity index is 1.54. The van der Waals surface area contributed by atoms with Crippen LogP contribution in [0.2, 0.25) is 0 Å². The fourth-order valence-electron chi connectivity index (χ4n) is 4.37. The summed E-state index contributed by atoms with van der Waals surface area (Å²) in [6.45, 7) is 0. The highest BCUT2D eigenvalue weighted by Gasteiger charge is 2.26. The van der Waals surface area contributed by atoms with Crippen molar-refractivity contribution in [2.45, 2.75) is 49.7 Å². The van der Waals surface area contributed by atoms with Crippen LogP contribution >= 0.6 is 0 Å². The van der Waals surface area contributed by atoms with Gasteiger partial charge in [0.05, 0.1) is 4.90 Å². The number of urea groups is 1. The number of carbonyl (C=O) groups is 1. The average molecular weight is 430 g/mol. The van der Waals surface area contributed by atoms with Crippen LogP contribution in [-0.4, -0.2) is 36.7 Å². The maximum atomic E-state index is 12.6. The first kappa shape index (κ1) is 20.7. The van der Waals surface area contributed by atoms with Crippen molar-refractivity contribution < 1.29 is 28.4 Å². The molecule has 0 saturated heterocycles. The predicted octanol–water partition coefficient (Wildman–Crippen LogP) is 1.43. The molecule has 2 aromatic rings. The number of sulfonamides is 1. The second-order valence-corrected chi connectivity index (χ2v) is 9.45.